The van der Waals surface area contributed by atoms with E-state index in [1.165, 1.54) is 25.3 Å². The van der Waals surface area contributed by atoms with E-state index in [0.29, 0.717) is 0 Å². The fourth-order valence-electron chi connectivity index (χ4n) is 2.22. The van der Waals surface area contributed by atoms with Gasteiger partial charge in [0, 0.05) is 6.61 Å². The van der Waals surface area contributed by atoms with Crippen LogP contribution in [0, 0.1) is 0 Å². The molecule has 5 heteroatoms. The summed E-state index contributed by atoms with van der Waals surface area (Å²) in [7, 11) is -1.78. The van der Waals surface area contributed by atoms with E-state index in [1.54, 1.807) is 0 Å². The lowest BCUT2D eigenvalue weighted by atomic mass is 10.2. The lowest BCUT2D eigenvalue weighted by molar-refractivity contribution is -0.151. The van der Waals surface area contributed by atoms with Crippen molar-refractivity contribution in [2.45, 2.75) is 56.8 Å². The van der Waals surface area contributed by atoms with Gasteiger partial charge in [-0.15, -0.1) is 0 Å². The Bertz CT molecular complexity index is 201. The first kappa shape index (κ1) is 14.8. The monoisotopic (exact) mass is 278 g/mol. The van der Waals surface area contributed by atoms with E-state index < -0.39 is 8.32 Å². The summed E-state index contributed by atoms with van der Waals surface area (Å²) in [5, 5.41) is 0. The van der Waals surface area contributed by atoms with Gasteiger partial charge in [0.25, 0.3) is 0 Å². The van der Waals surface area contributed by atoms with E-state index in [9.17, 15) is 0 Å². The van der Waals surface area contributed by atoms with Crippen LogP contribution >= 0.6 is 12.6 Å². The van der Waals surface area contributed by atoms with Crippen molar-refractivity contribution in [1.29, 1.82) is 0 Å². The maximum Gasteiger partial charge on any atom is 0.187 e. The zero-order chi connectivity index (χ0) is 12.1. The number of thiol groups is 1. The van der Waals surface area contributed by atoms with Gasteiger partial charge >= 0.3 is 0 Å². The molecule has 1 fully saturated rings. The second-order valence-electron chi connectivity index (χ2n) is 5.61. The Hall–Kier alpha value is 0.704. The van der Waals surface area contributed by atoms with Crippen molar-refractivity contribution in [2.24, 2.45) is 0 Å². The molecule has 16 heavy (non-hydrogen) atoms. The molecule has 2 nitrogen and oxygen atoms in total. The van der Waals surface area contributed by atoms with Crippen LogP contribution in [0.4, 0.5) is 0 Å². The smallest absolute Gasteiger partial charge is 0.187 e. The Morgan fingerprint density at radius 1 is 1.38 bits per heavy atom. The Morgan fingerprint density at radius 2 is 2.12 bits per heavy atom. The van der Waals surface area contributed by atoms with E-state index in [0.717, 1.165) is 18.8 Å². The minimum atomic E-state index is -1.49. The van der Waals surface area contributed by atoms with Gasteiger partial charge in [-0.05, 0) is 51.1 Å². The lowest BCUT2D eigenvalue weighted by Gasteiger charge is -2.42. The van der Waals surface area contributed by atoms with Gasteiger partial charge in [-0.1, -0.05) is 6.04 Å². The molecule has 0 aromatic carbocycles. The first-order valence-corrected chi connectivity index (χ1v) is 12.2. The Labute approximate surface area is 109 Å². The van der Waals surface area contributed by atoms with Crippen molar-refractivity contribution >= 4 is 30.5 Å². The van der Waals surface area contributed by atoms with E-state index in [2.05, 4.69) is 32.3 Å². The van der Waals surface area contributed by atoms with Crippen LogP contribution < -0.4 is 0 Å². The molecule has 0 spiro atoms. The van der Waals surface area contributed by atoms with Crippen LogP contribution in [0.2, 0.25) is 25.7 Å². The van der Waals surface area contributed by atoms with Gasteiger partial charge < -0.3 is 9.16 Å². The Morgan fingerprint density at radius 3 is 2.62 bits per heavy atom. The molecule has 0 saturated carbocycles. The molecule has 1 atom stereocenters. The normalized spacial score (nSPS) is 27.8. The lowest BCUT2D eigenvalue weighted by Crippen LogP contribution is -2.51. The molecule has 1 aliphatic rings. The number of hydrogen-bond donors (Lipinski definition) is 1. The average molecular weight is 279 g/mol. The third-order valence-electron chi connectivity index (χ3n) is 2.78. The molecule has 1 unspecified atom stereocenters. The molecule has 0 aromatic rings. The molecule has 1 saturated heterocycles. The highest BCUT2D eigenvalue weighted by Crippen LogP contribution is 2.29. The van der Waals surface area contributed by atoms with Crippen molar-refractivity contribution in [3.8, 4) is 0 Å². The van der Waals surface area contributed by atoms with Crippen LogP contribution in [-0.2, 0) is 9.16 Å². The second-order valence-corrected chi connectivity index (χ2v) is 12.8. The van der Waals surface area contributed by atoms with Gasteiger partial charge in [-0.3, -0.25) is 0 Å². The predicted molar refractivity (Wildman–Crippen MR) is 78.8 cm³/mol. The summed E-state index contributed by atoms with van der Waals surface area (Å²) >= 11 is 4.28. The minimum Gasteiger partial charge on any atom is -0.394 e. The molecule has 1 heterocycles. The van der Waals surface area contributed by atoms with Crippen molar-refractivity contribution in [3.63, 3.8) is 0 Å². The zero-order valence-corrected chi connectivity index (χ0v) is 14.2. The summed E-state index contributed by atoms with van der Waals surface area (Å²) < 4.78 is 12.4. The predicted octanol–water partition coefficient (Wildman–Crippen LogP) is 2.60. The summed E-state index contributed by atoms with van der Waals surface area (Å²) in [6.45, 7) is 7.69. The van der Waals surface area contributed by atoms with Gasteiger partial charge in [0.2, 0.25) is 0 Å². The maximum atomic E-state index is 6.37. The van der Waals surface area contributed by atoms with Crippen molar-refractivity contribution in [1.82, 2.24) is 0 Å². The Balaban J connectivity index is 2.53. The van der Waals surface area contributed by atoms with Gasteiger partial charge in [-0.2, -0.15) is 12.6 Å². The minimum absolute atomic E-state index is 0.119. The van der Waals surface area contributed by atoms with Gasteiger partial charge in [0.15, 0.2) is 8.32 Å². The summed E-state index contributed by atoms with van der Waals surface area (Å²) in [6, 6.07) is 1.30. The molecule has 0 N–H and O–H groups in total. The fourth-order valence-corrected chi connectivity index (χ4v) is 7.68. The molecular formula is C11H26O2SSi2. The highest BCUT2D eigenvalue weighted by Gasteiger charge is 2.37. The van der Waals surface area contributed by atoms with Crippen molar-refractivity contribution in [2.75, 3.05) is 12.4 Å². The van der Waals surface area contributed by atoms with Crippen LogP contribution in [0.25, 0.3) is 0 Å². The molecule has 1 aliphatic heterocycles. The third kappa shape index (κ3) is 5.36. The summed E-state index contributed by atoms with van der Waals surface area (Å²) in [4.78, 5) is 0. The summed E-state index contributed by atoms with van der Waals surface area (Å²) in [6.07, 6.45) is 4.84. The largest absolute Gasteiger partial charge is 0.394 e. The fraction of sp³-hybridized carbons (Fsp3) is 1.00. The van der Waals surface area contributed by atoms with Crippen LogP contribution in [0.15, 0.2) is 0 Å². The van der Waals surface area contributed by atoms with E-state index in [4.69, 9.17) is 9.16 Å². The summed E-state index contributed by atoms with van der Waals surface area (Å²) in [5.41, 5.74) is -0.119. The van der Waals surface area contributed by atoms with E-state index >= 15 is 0 Å². The molecule has 0 radical (unpaired) electrons. The third-order valence-corrected chi connectivity index (χ3v) is 6.68. The highest BCUT2D eigenvalue weighted by molar-refractivity contribution is 7.80. The molecule has 0 aliphatic carbocycles. The van der Waals surface area contributed by atoms with Crippen LogP contribution in [0.1, 0.15) is 25.7 Å². The van der Waals surface area contributed by atoms with Crippen LogP contribution in [-0.4, -0.2) is 35.6 Å². The topological polar surface area (TPSA) is 18.5 Å². The molecule has 0 bridgehead atoms. The number of hydrogen-bond acceptors (Lipinski definition) is 3. The zero-order valence-electron chi connectivity index (χ0n) is 10.9. The highest BCUT2D eigenvalue weighted by atomic mass is 32.1. The quantitative estimate of drug-likeness (QED) is 0.457. The first-order chi connectivity index (χ1) is 7.47. The van der Waals surface area contributed by atoms with Crippen LogP contribution in [0.3, 0.4) is 0 Å². The standard InChI is InChI=1S/C11H26O2SSi2/c1-16(2,3)13-11(15-10-6-9-14)7-4-5-8-12-11/h14H,4-10,15H2,1-3H3. The second kappa shape index (κ2) is 6.59. The van der Waals surface area contributed by atoms with Gasteiger partial charge in [0.1, 0.15) is 5.41 Å². The molecule has 1 rings (SSSR count). The summed E-state index contributed by atoms with van der Waals surface area (Å²) in [5.74, 6) is 0.996. The number of rotatable bonds is 6. The van der Waals surface area contributed by atoms with Crippen molar-refractivity contribution < 1.29 is 9.16 Å². The molecular weight excluding hydrogens is 252 g/mol. The molecule has 0 aromatic heterocycles. The molecule has 96 valence electrons. The average Bonchev–Trinajstić information content (AvgIpc) is 2.16. The van der Waals surface area contributed by atoms with E-state index in [1.807, 2.05) is 0 Å². The first-order valence-electron chi connectivity index (χ1n) is 6.42. The Kier molecular flexibility index (Phi) is 6.08. The maximum absolute atomic E-state index is 6.37. The van der Waals surface area contributed by atoms with Gasteiger partial charge in [-0.25, -0.2) is 0 Å². The van der Waals surface area contributed by atoms with Crippen molar-refractivity contribution in [3.05, 3.63) is 0 Å². The van der Waals surface area contributed by atoms with E-state index in [-0.39, 0.29) is 14.9 Å². The SMILES string of the molecule is C[Si](C)(C)OC1([SiH2]CCCS)CCCCO1. The number of ether oxygens (including phenoxy) is 1. The van der Waals surface area contributed by atoms with Gasteiger partial charge in [0.05, 0.1) is 9.52 Å². The molecule has 0 amide bonds. The van der Waals surface area contributed by atoms with Crippen LogP contribution in [0.5, 0.6) is 0 Å².